The highest BCUT2D eigenvalue weighted by molar-refractivity contribution is 5.79. The first-order valence-electron chi connectivity index (χ1n) is 6.71. The van der Waals surface area contributed by atoms with Crippen molar-refractivity contribution >= 4 is 5.91 Å². The van der Waals surface area contributed by atoms with E-state index in [1.165, 1.54) is 5.56 Å². The van der Waals surface area contributed by atoms with Crippen LogP contribution in [0, 0.1) is 13.8 Å². The van der Waals surface area contributed by atoms with E-state index in [4.69, 9.17) is 0 Å². The largest absolute Gasteiger partial charge is 0.345 e. The minimum atomic E-state index is 0.117. The second-order valence-corrected chi connectivity index (χ2v) is 5.01. The predicted octanol–water partition coefficient (Wildman–Crippen LogP) is 1.67. The molecule has 0 radical (unpaired) electrons. The van der Waals surface area contributed by atoms with E-state index in [2.05, 4.69) is 15.2 Å². The molecule has 2 rings (SSSR count). The molecular formula is C15H20N4O. The van der Waals surface area contributed by atoms with Crippen molar-refractivity contribution in [3.05, 3.63) is 47.0 Å². The lowest BCUT2D eigenvalue weighted by molar-refractivity contribution is -0.129. The van der Waals surface area contributed by atoms with Crippen LogP contribution in [0.3, 0.4) is 0 Å². The molecule has 0 bridgehead atoms. The highest BCUT2D eigenvalue weighted by atomic mass is 16.2. The third-order valence-electron chi connectivity index (χ3n) is 3.52. The van der Waals surface area contributed by atoms with Gasteiger partial charge in [-0.2, -0.15) is 5.10 Å². The number of aromatic nitrogens is 3. The summed E-state index contributed by atoms with van der Waals surface area (Å²) in [6, 6.07) is 3.95. The van der Waals surface area contributed by atoms with Crippen LogP contribution in [-0.2, 0) is 17.6 Å². The summed E-state index contributed by atoms with van der Waals surface area (Å²) in [4.78, 5) is 18.0. The predicted molar refractivity (Wildman–Crippen MR) is 77.3 cm³/mol. The number of carbonyl (C=O) groups excluding carboxylic acids is 1. The average molecular weight is 272 g/mol. The number of hydrogen-bond acceptors (Lipinski definition) is 3. The SMILES string of the molecule is Cc1n[nH]c(C)c1CC(=O)N(C)CCc1ccncc1. The molecule has 0 atom stereocenters. The van der Waals surface area contributed by atoms with Crippen LogP contribution in [0.15, 0.2) is 24.5 Å². The minimum absolute atomic E-state index is 0.117. The maximum absolute atomic E-state index is 12.2. The Morgan fingerprint density at radius 2 is 2.00 bits per heavy atom. The van der Waals surface area contributed by atoms with Gasteiger partial charge in [-0.3, -0.25) is 14.9 Å². The number of aryl methyl sites for hydroxylation is 2. The summed E-state index contributed by atoms with van der Waals surface area (Å²) in [6.45, 7) is 4.57. The molecule has 5 heteroatoms. The number of aromatic amines is 1. The molecule has 0 unspecified atom stereocenters. The number of H-pyrrole nitrogens is 1. The topological polar surface area (TPSA) is 61.9 Å². The Labute approximate surface area is 119 Å². The van der Waals surface area contributed by atoms with E-state index in [-0.39, 0.29) is 5.91 Å². The van der Waals surface area contributed by atoms with Crippen LogP contribution < -0.4 is 0 Å². The fraction of sp³-hybridized carbons (Fsp3) is 0.400. The number of nitrogens with one attached hydrogen (secondary N) is 1. The van der Waals surface area contributed by atoms with E-state index >= 15 is 0 Å². The van der Waals surface area contributed by atoms with Gasteiger partial charge in [0.25, 0.3) is 0 Å². The van der Waals surface area contributed by atoms with E-state index < -0.39 is 0 Å². The van der Waals surface area contributed by atoms with Crippen molar-refractivity contribution in [2.24, 2.45) is 0 Å². The fourth-order valence-electron chi connectivity index (χ4n) is 2.09. The molecule has 0 saturated carbocycles. The number of rotatable bonds is 5. The third kappa shape index (κ3) is 3.44. The van der Waals surface area contributed by atoms with Gasteiger partial charge < -0.3 is 4.90 Å². The van der Waals surface area contributed by atoms with Crippen molar-refractivity contribution in [3.8, 4) is 0 Å². The Morgan fingerprint density at radius 1 is 1.30 bits per heavy atom. The van der Waals surface area contributed by atoms with E-state index in [1.807, 2.05) is 33.0 Å². The van der Waals surface area contributed by atoms with Crippen LogP contribution in [-0.4, -0.2) is 39.6 Å². The zero-order chi connectivity index (χ0) is 14.5. The summed E-state index contributed by atoms with van der Waals surface area (Å²) in [6.07, 6.45) is 4.79. The molecule has 0 aliphatic heterocycles. The lowest BCUT2D eigenvalue weighted by Gasteiger charge is -2.17. The molecule has 5 nitrogen and oxygen atoms in total. The maximum Gasteiger partial charge on any atom is 0.226 e. The second-order valence-electron chi connectivity index (χ2n) is 5.01. The maximum atomic E-state index is 12.2. The van der Waals surface area contributed by atoms with Crippen molar-refractivity contribution in [3.63, 3.8) is 0 Å². The van der Waals surface area contributed by atoms with Gasteiger partial charge in [0, 0.05) is 37.2 Å². The highest BCUT2D eigenvalue weighted by Gasteiger charge is 2.14. The smallest absolute Gasteiger partial charge is 0.226 e. The van der Waals surface area contributed by atoms with Crippen LogP contribution in [0.4, 0.5) is 0 Å². The third-order valence-corrected chi connectivity index (χ3v) is 3.52. The van der Waals surface area contributed by atoms with E-state index in [1.54, 1.807) is 17.3 Å². The molecule has 0 aromatic carbocycles. The van der Waals surface area contributed by atoms with Crippen molar-refractivity contribution in [1.82, 2.24) is 20.1 Å². The molecule has 0 aliphatic rings. The molecule has 2 aromatic rings. The van der Waals surface area contributed by atoms with Gasteiger partial charge in [-0.05, 0) is 38.0 Å². The number of amides is 1. The first-order valence-corrected chi connectivity index (χ1v) is 6.71. The van der Waals surface area contributed by atoms with Gasteiger partial charge in [0.15, 0.2) is 0 Å². The highest BCUT2D eigenvalue weighted by Crippen LogP contribution is 2.11. The summed E-state index contributed by atoms with van der Waals surface area (Å²) in [5.74, 6) is 0.117. The van der Waals surface area contributed by atoms with Crippen LogP contribution in [0.5, 0.6) is 0 Å². The van der Waals surface area contributed by atoms with Gasteiger partial charge in [0.2, 0.25) is 5.91 Å². The molecule has 20 heavy (non-hydrogen) atoms. The Balaban J connectivity index is 1.89. The van der Waals surface area contributed by atoms with Crippen LogP contribution in [0.1, 0.15) is 22.5 Å². The van der Waals surface area contributed by atoms with Gasteiger partial charge in [-0.15, -0.1) is 0 Å². The Morgan fingerprint density at radius 3 is 2.60 bits per heavy atom. The normalized spacial score (nSPS) is 10.6. The standard InChI is InChI=1S/C15H20N4O/c1-11-14(12(2)18-17-11)10-15(20)19(3)9-6-13-4-7-16-8-5-13/h4-5,7-8H,6,9-10H2,1-3H3,(H,17,18). The lowest BCUT2D eigenvalue weighted by atomic mass is 10.1. The average Bonchev–Trinajstić information content (AvgIpc) is 2.77. The number of carbonyl (C=O) groups is 1. The van der Waals surface area contributed by atoms with E-state index in [9.17, 15) is 4.79 Å². The van der Waals surface area contributed by atoms with Crippen molar-refractivity contribution in [1.29, 1.82) is 0 Å². The Kier molecular flexibility index (Phi) is 4.50. The van der Waals surface area contributed by atoms with Gasteiger partial charge >= 0.3 is 0 Å². The zero-order valence-electron chi connectivity index (χ0n) is 12.2. The first-order chi connectivity index (χ1) is 9.58. The number of hydrogen-bond donors (Lipinski definition) is 1. The molecule has 1 N–H and O–H groups in total. The molecule has 2 aromatic heterocycles. The molecule has 0 aliphatic carbocycles. The molecule has 0 saturated heterocycles. The molecule has 0 fully saturated rings. The summed E-state index contributed by atoms with van der Waals surface area (Å²) < 4.78 is 0. The summed E-state index contributed by atoms with van der Waals surface area (Å²) >= 11 is 0. The van der Waals surface area contributed by atoms with Crippen LogP contribution in [0.25, 0.3) is 0 Å². The van der Waals surface area contributed by atoms with Crippen LogP contribution >= 0.6 is 0 Å². The van der Waals surface area contributed by atoms with Crippen molar-refractivity contribution < 1.29 is 4.79 Å². The monoisotopic (exact) mass is 272 g/mol. The molecule has 0 spiro atoms. The quantitative estimate of drug-likeness (QED) is 0.900. The van der Waals surface area contributed by atoms with E-state index in [0.717, 1.165) is 23.4 Å². The van der Waals surface area contributed by atoms with Gasteiger partial charge in [0.1, 0.15) is 0 Å². The van der Waals surface area contributed by atoms with Gasteiger partial charge in [-0.1, -0.05) is 0 Å². The first kappa shape index (κ1) is 14.2. The van der Waals surface area contributed by atoms with Crippen molar-refractivity contribution in [2.75, 3.05) is 13.6 Å². The van der Waals surface area contributed by atoms with Crippen LogP contribution in [0.2, 0.25) is 0 Å². The summed E-state index contributed by atoms with van der Waals surface area (Å²) in [5, 5.41) is 7.03. The molecule has 2 heterocycles. The zero-order valence-corrected chi connectivity index (χ0v) is 12.2. The Hall–Kier alpha value is -2.17. The second kappa shape index (κ2) is 6.32. The molecule has 106 valence electrons. The van der Waals surface area contributed by atoms with Gasteiger partial charge in [0.05, 0.1) is 12.1 Å². The summed E-state index contributed by atoms with van der Waals surface area (Å²) in [7, 11) is 1.84. The van der Waals surface area contributed by atoms with Gasteiger partial charge in [-0.25, -0.2) is 0 Å². The summed E-state index contributed by atoms with van der Waals surface area (Å²) in [5.41, 5.74) is 4.07. The lowest BCUT2D eigenvalue weighted by Crippen LogP contribution is -2.30. The minimum Gasteiger partial charge on any atom is -0.345 e. The van der Waals surface area contributed by atoms with E-state index in [0.29, 0.717) is 13.0 Å². The van der Waals surface area contributed by atoms with Crippen molar-refractivity contribution in [2.45, 2.75) is 26.7 Å². The molecule has 1 amide bonds. The Bertz CT molecular complexity index is 557. The number of nitrogens with zero attached hydrogens (tertiary/aromatic N) is 3. The number of likely N-dealkylation sites (N-methyl/N-ethyl adjacent to an activating group) is 1. The fourth-order valence-corrected chi connectivity index (χ4v) is 2.09. The number of pyridine rings is 1. The molecular weight excluding hydrogens is 252 g/mol.